The van der Waals surface area contributed by atoms with Crippen LogP contribution in [0.1, 0.15) is 42.7 Å². The van der Waals surface area contributed by atoms with Gasteiger partial charge in [-0.15, -0.1) is 0 Å². The van der Waals surface area contributed by atoms with Gasteiger partial charge in [-0.2, -0.15) is 15.2 Å². The minimum Gasteiger partial charge on any atom is -0.495 e. The van der Waals surface area contributed by atoms with Gasteiger partial charge in [0.2, 0.25) is 5.95 Å². The van der Waals surface area contributed by atoms with Crippen LogP contribution in [-0.4, -0.2) is 33.3 Å². The van der Waals surface area contributed by atoms with Gasteiger partial charge in [0.05, 0.1) is 29.4 Å². The van der Waals surface area contributed by atoms with Crippen LogP contribution in [0.25, 0.3) is 22.2 Å². The molecule has 2 bridgehead atoms. The first-order valence-corrected chi connectivity index (χ1v) is 12.0. The maximum absolute atomic E-state index is 9.63. The predicted molar refractivity (Wildman–Crippen MR) is 133 cm³/mol. The lowest BCUT2D eigenvalue weighted by molar-refractivity contribution is 0.393. The van der Waals surface area contributed by atoms with Gasteiger partial charge in [-0.25, -0.2) is 0 Å². The molecule has 2 fully saturated rings. The number of methoxy groups -OCH3 is 1. The van der Waals surface area contributed by atoms with E-state index in [1.165, 1.54) is 19.3 Å². The third-order valence-corrected chi connectivity index (χ3v) is 7.48. The van der Waals surface area contributed by atoms with Gasteiger partial charge in [-0.3, -0.25) is 0 Å². The highest BCUT2D eigenvalue weighted by Crippen LogP contribution is 2.46. The van der Waals surface area contributed by atoms with Gasteiger partial charge in [0, 0.05) is 17.8 Å². The third-order valence-electron chi connectivity index (χ3n) is 7.48. The molecule has 9 heteroatoms. The van der Waals surface area contributed by atoms with Crippen LogP contribution in [0.15, 0.2) is 28.9 Å². The SMILES string of the molecule is COc1cc(-c2c(C)noc2C)ccc1Nc1nc(NC2C[C@H]3CC[C@@H]2C3)c2c(C#N)c[nH]c2n1. The topological polar surface area (TPSA) is 125 Å². The maximum Gasteiger partial charge on any atom is 0.231 e. The number of hydrogen-bond acceptors (Lipinski definition) is 8. The molecule has 4 aromatic rings. The van der Waals surface area contributed by atoms with E-state index in [9.17, 15) is 5.26 Å². The van der Waals surface area contributed by atoms with E-state index in [1.54, 1.807) is 13.3 Å². The van der Waals surface area contributed by atoms with E-state index in [0.29, 0.717) is 40.7 Å². The van der Waals surface area contributed by atoms with Crippen LogP contribution >= 0.6 is 0 Å². The molecule has 3 heterocycles. The zero-order valence-electron chi connectivity index (χ0n) is 20.0. The Morgan fingerprint density at radius 1 is 1.20 bits per heavy atom. The second kappa shape index (κ2) is 8.31. The Bertz CT molecular complexity index is 1450. The lowest BCUT2D eigenvalue weighted by Gasteiger charge is -2.24. The van der Waals surface area contributed by atoms with E-state index >= 15 is 0 Å². The number of rotatable bonds is 6. The van der Waals surface area contributed by atoms with Crippen LogP contribution < -0.4 is 15.4 Å². The molecule has 35 heavy (non-hydrogen) atoms. The van der Waals surface area contributed by atoms with Crippen LogP contribution in [0.4, 0.5) is 17.5 Å². The van der Waals surface area contributed by atoms with Crippen molar-refractivity contribution in [2.24, 2.45) is 11.8 Å². The first-order valence-electron chi connectivity index (χ1n) is 12.0. The highest BCUT2D eigenvalue weighted by atomic mass is 16.5. The highest BCUT2D eigenvalue weighted by molar-refractivity contribution is 5.94. The van der Waals surface area contributed by atoms with Gasteiger partial charge in [-0.05, 0) is 62.6 Å². The van der Waals surface area contributed by atoms with Crippen LogP contribution in [-0.2, 0) is 0 Å². The monoisotopic (exact) mass is 469 g/mol. The molecule has 2 aliphatic rings. The molecule has 3 N–H and O–H groups in total. The lowest BCUT2D eigenvalue weighted by atomic mass is 9.95. The van der Waals surface area contributed by atoms with Gasteiger partial charge in [0.1, 0.15) is 29.0 Å². The summed E-state index contributed by atoms with van der Waals surface area (Å²) in [5, 5.41) is 21.4. The molecule has 2 aliphatic carbocycles. The van der Waals surface area contributed by atoms with Crippen molar-refractivity contribution in [3.05, 3.63) is 41.4 Å². The summed E-state index contributed by atoms with van der Waals surface area (Å²) >= 11 is 0. The number of ether oxygens (including phenoxy) is 1. The molecule has 9 nitrogen and oxygen atoms in total. The second-order valence-corrected chi connectivity index (χ2v) is 9.60. The van der Waals surface area contributed by atoms with Crippen LogP contribution in [0.3, 0.4) is 0 Å². The smallest absolute Gasteiger partial charge is 0.231 e. The number of hydrogen-bond donors (Lipinski definition) is 3. The Morgan fingerprint density at radius 2 is 2.09 bits per heavy atom. The van der Waals surface area contributed by atoms with Crippen molar-refractivity contribution < 1.29 is 9.26 Å². The summed E-state index contributed by atoms with van der Waals surface area (Å²) in [6, 6.07) is 8.52. The fraction of sp³-hybridized carbons (Fsp3) is 0.385. The van der Waals surface area contributed by atoms with Gasteiger partial charge >= 0.3 is 0 Å². The number of nitriles is 1. The maximum atomic E-state index is 9.63. The fourth-order valence-corrected chi connectivity index (χ4v) is 5.84. The predicted octanol–water partition coefficient (Wildman–Crippen LogP) is 5.45. The molecule has 0 radical (unpaired) electrons. The number of nitrogens with zero attached hydrogens (tertiary/aromatic N) is 4. The highest BCUT2D eigenvalue weighted by Gasteiger charge is 2.40. The van der Waals surface area contributed by atoms with E-state index < -0.39 is 0 Å². The first-order chi connectivity index (χ1) is 17.0. The summed E-state index contributed by atoms with van der Waals surface area (Å²) in [7, 11) is 1.63. The largest absolute Gasteiger partial charge is 0.495 e. The Hall–Kier alpha value is -4.06. The number of aromatic nitrogens is 4. The summed E-state index contributed by atoms with van der Waals surface area (Å²) < 4.78 is 11.0. The molecule has 2 saturated carbocycles. The summed E-state index contributed by atoms with van der Waals surface area (Å²) in [4.78, 5) is 12.6. The van der Waals surface area contributed by atoms with E-state index in [2.05, 4.69) is 31.8 Å². The van der Waals surface area contributed by atoms with E-state index in [-0.39, 0.29) is 0 Å². The zero-order chi connectivity index (χ0) is 24.1. The molecule has 0 aliphatic heterocycles. The Morgan fingerprint density at radius 3 is 2.77 bits per heavy atom. The summed E-state index contributed by atoms with van der Waals surface area (Å²) in [5.74, 6) is 4.00. The quantitative estimate of drug-likeness (QED) is 0.340. The van der Waals surface area contributed by atoms with Gasteiger partial charge in [0.15, 0.2) is 0 Å². The Balaban J connectivity index is 1.35. The molecule has 6 rings (SSSR count). The number of aryl methyl sites for hydroxylation is 2. The number of H-pyrrole nitrogens is 1. The van der Waals surface area contributed by atoms with E-state index in [0.717, 1.165) is 46.0 Å². The van der Waals surface area contributed by atoms with Gasteiger partial charge in [-0.1, -0.05) is 17.6 Å². The minimum atomic E-state index is 0.380. The number of anilines is 3. The summed E-state index contributed by atoms with van der Waals surface area (Å²) in [6.45, 7) is 3.82. The Kier molecular flexibility index (Phi) is 5.10. The molecule has 0 saturated heterocycles. The van der Waals surface area contributed by atoms with Crippen molar-refractivity contribution in [3.63, 3.8) is 0 Å². The second-order valence-electron chi connectivity index (χ2n) is 9.60. The lowest BCUT2D eigenvalue weighted by Crippen LogP contribution is -2.26. The standard InChI is InChI=1S/C26H27N7O2/c1-13-22(14(2)35-33-13)17-6-7-19(21(10-17)34-3)30-26-31-24-23(18(11-27)12-28-24)25(32-26)29-20-9-15-4-5-16(20)8-15/h6-7,10,12,15-16,20H,4-5,8-9H2,1-3H3,(H3,28,29,30,31,32)/t15-,16+,20?/m0/s1. The minimum absolute atomic E-state index is 0.380. The number of benzene rings is 1. The molecule has 1 unspecified atom stereocenters. The van der Waals surface area contributed by atoms with Crippen LogP contribution in [0, 0.1) is 37.0 Å². The summed E-state index contributed by atoms with van der Waals surface area (Å²) in [5.41, 5.74) is 4.65. The van der Waals surface area contributed by atoms with E-state index in [4.69, 9.17) is 14.2 Å². The third kappa shape index (κ3) is 3.66. The first kappa shape index (κ1) is 21.5. The summed E-state index contributed by atoms with van der Waals surface area (Å²) in [6.07, 6.45) is 6.71. The fourth-order valence-electron chi connectivity index (χ4n) is 5.84. The molecular weight excluding hydrogens is 442 g/mol. The van der Waals surface area contributed by atoms with Crippen molar-refractivity contribution in [1.29, 1.82) is 5.26 Å². The normalized spacial score (nSPS) is 20.8. The van der Waals surface area contributed by atoms with Crippen LogP contribution in [0.5, 0.6) is 5.75 Å². The van der Waals surface area contributed by atoms with Crippen molar-refractivity contribution in [1.82, 2.24) is 20.1 Å². The van der Waals surface area contributed by atoms with E-state index in [1.807, 2.05) is 32.0 Å². The average molecular weight is 470 g/mol. The molecule has 3 aromatic heterocycles. The molecule has 178 valence electrons. The Labute approximate surface area is 202 Å². The number of nitrogens with one attached hydrogen (secondary N) is 3. The molecule has 0 spiro atoms. The van der Waals surface area contributed by atoms with Crippen LogP contribution in [0.2, 0.25) is 0 Å². The number of aromatic amines is 1. The van der Waals surface area contributed by atoms with Gasteiger partial charge in [0.25, 0.3) is 0 Å². The van der Waals surface area contributed by atoms with Crippen molar-refractivity contribution in [3.8, 4) is 22.9 Å². The molecule has 3 atom stereocenters. The number of fused-ring (bicyclic) bond motifs is 3. The molecular formula is C26H27N7O2. The van der Waals surface area contributed by atoms with Crippen molar-refractivity contribution >= 4 is 28.5 Å². The average Bonchev–Trinajstić information content (AvgIpc) is 3.64. The zero-order valence-corrected chi connectivity index (χ0v) is 20.0. The molecule has 1 aromatic carbocycles. The van der Waals surface area contributed by atoms with Crippen molar-refractivity contribution in [2.75, 3.05) is 17.7 Å². The van der Waals surface area contributed by atoms with Gasteiger partial charge < -0.3 is 24.9 Å². The van der Waals surface area contributed by atoms with Crippen molar-refractivity contribution in [2.45, 2.75) is 45.6 Å². The molecule has 0 amide bonds.